The van der Waals surface area contributed by atoms with Crippen molar-refractivity contribution in [1.29, 1.82) is 0 Å². The van der Waals surface area contributed by atoms with Gasteiger partial charge in [0.05, 0.1) is 12.7 Å². The Hall–Kier alpha value is -0.0800. The van der Waals surface area contributed by atoms with E-state index in [4.69, 9.17) is 4.74 Å². The summed E-state index contributed by atoms with van der Waals surface area (Å²) in [4.78, 5) is 0. The SMILES string of the molecule is CC1COC2CCC(C)(C)CC2N1. The van der Waals surface area contributed by atoms with Crippen molar-refractivity contribution in [2.75, 3.05) is 6.61 Å². The van der Waals surface area contributed by atoms with E-state index in [1.807, 2.05) is 0 Å². The van der Waals surface area contributed by atoms with Crippen LogP contribution < -0.4 is 5.32 Å². The molecule has 2 aliphatic rings. The van der Waals surface area contributed by atoms with Crippen molar-refractivity contribution in [1.82, 2.24) is 5.32 Å². The summed E-state index contributed by atoms with van der Waals surface area (Å²) in [6.45, 7) is 7.83. The average molecular weight is 183 g/mol. The van der Waals surface area contributed by atoms with Crippen molar-refractivity contribution >= 4 is 0 Å². The van der Waals surface area contributed by atoms with Gasteiger partial charge in [-0.25, -0.2) is 0 Å². The molecule has 2 rings (SSSR count). The fourth-order valence-corrected chi connectivity index (χ4v) is 2.61. The summed E-state index contributed by atoms with van der Waals surface area (Å²) < 4.78 is 5.82. The summed E-state index contributed by atoms with van der Waals surface area (Å²) >= 11 is 0. The number of morpholine rings is 1. The number of rotatable bonds is 0. The smallest absolute Gasteiger partial charge is 0.0729 e. The second-order valence-electron chi connectivity index (χ2n) is 5.45. The summed E-state index contributed by atoms with van der Waals surface area (Å²) in [5, 5.41) is 3.65. The van der Waals surface area contributed by atoms with Gasteiger partial charge in [-0.3, -0.25) is 0 Å². The Labute approximate surface area is 81.0 Å². The first-order valence-electron chi connectivity index (χ1n) is 5.44. The highest BCUT2D eigenvalue weighted by Gasteiger charge is 2.38. The molecular weight excluding hydrogens is 162 g/mol. The zero-order valence-corrected chi connectivity index (χ0v) is 8.97. The second-order valence-corrected chi connectivity index (χ2v) is 5.45. The number of hydrogen-bond donors (Lipinski definition) is 1. The maximum atomic E-state index is 5.82. The Kier molecular flexibility index (Phi) is 2.37. The third kappa shape index (κ3) is 2.05. The fourth-order valence-electron chi connectivity index (χ4n) is 2.61. The van der Waals surface area contributed by atoms with Crippen LogP contribution in [0.3, 0.4) is 0 Å². The molecule has 3 unspecified atom stereocenters. The molecule has 2 nitrogen and oxygen atoms in total. The van der Waals surface area contributed by atoms with Crippen molar-refractivity contribution in [2.24, 2.45) is 5.41 Å². The second kappa shape index (κ2) is 3.25. The Morgan fingerprint density at radius 2 is 2.15 bits per heavy atom. The molecule has 0 aromatic carbocycles. The number of nitrogens with one attached hydrogen (secondary N) is 1. The van der Waals surface area contributed by atoms with E-state index in [1.165, 1.54) is 19.3 Å². The highest BCUT2D eigenvalue weighted by molar-refractivity contribution is 4.93. The normalized spacial score (nSPS) is 44.1. The van der Waals surface area contributed by atoms with E-state index in [2.05, 4.69) is 26.1 Å². The minimum atomic E-state index is 0.490. The third-order valence-corrected chi connectivity index (χ3v) is 3.39. The van der Waals surface area contributed by atoms with Crippen LogP contribution in [0.2, 0.25) is 0 Å². The fraction of sp³-hybridized carbons (Fsp3) is 1.00. The predicted octanol–water partition coefficient (Wildman–Crippen LogP) is 1.94. The highest BCUT2D eigenvalue weighted by atomic mass is 16.5. The van der Waals surface area contributed by atoms with E-state index in [-0.39, 0.29) is 0 Å². The van der Waals surface area contributed by atoms with Crippen LogP contribution in [-0.4, -0.2) is 24.8 Å². The molecular formula is C11H21NO. The Morgan fingerprint density at radius 1 is 1.38 bits per heavy atom. The highest BCUT2D eigenvalue weighted by Crippen LogP contribution is 2.37. The van der Waals surface area contributed by atoms with Gasteiger partial charge in [-0.15, -0.1) is 0 Å². The van der Waals surface area contributed by atoms with Gasteiger partial charge >= 0.3 is 0 Å². The van der Waals surface area contributed by atoms with Crippen LogP contribution in [0, 0.1) is 5.41 Å². The molecule has 1 saturated carbocycles. The van der Waals surface area contributed by atoms with Crippen LogP contribution in [0.15, 0.2) is 0 Å². The van der Waals surface area contributed by atoms with Crippen LogP contribution in [0.1, 0.15) is 40.0 Å². The summed E-state index contributed by atoms with van der Waals surface area (Å²) in [6, 6.07) is 1.14. The van der Waals surface area contributed by atoms with Crippen LogP contribution >= 0.6 is 0 Å². The molecule has 13 heavy (non-hydrogen) atoms. The van der Waals surface area contributed by atoms with Crippen molar-refractivity contribution in [3.05, 3.63) is 0 Å². The van der Waals surface area contributed by atoms with E-state index in [1.54, 1.807) is 0 Å². The van der Waals surface area contributed by atoms with Crippen LogP contribution in [0.5, 0.6) is 0 Å². The van der Waals surface area contributed by atoms with Crippen molar-refractivity contribution in [3.63, 3.8) is 0 Å². The molecule has 0 spiro atoms. The lowest BCUT2D eigenvalue weighted by molar-refractivity contribution is -0.0631. The van der Waals surface area contributed by atoms with Crippen molar-refractivity contribution in [3.8, 4) is 0 Å². The zero-order valence-electron chi connectivity index (χ0n) is 8.97. The lowest BCUT2D eigenvalue weighted by atomic mass is 9.73. The number of hydrogen-bond acceptors (Lipinski definition) is 2. The summed E-state index contributed by atoms with van der Waals surface area (Å²) in [6.07, 6.45) is 4.30. The van der Waals surface area contributed by atoms with E-state index in [0.29, 0.717) is 23.6 Å². The van der Waals surface area contributed by atoms with Gasteiger partial charge in [0.2, 0.25) is 0 Å². The van der Waals surface area contributed by atoms with Gasteiger partial charge in [-0.05, 0) is 31.6 Å². The molecule has 1 N–H and O–H groups in total. The molecule has 2 fully saturated rings. The first-order chi connectivity index (χ1) is 6.07. The third-order valence-electron chi connectivity index (χ3n) is 3.39. The first-order valence-corrected chi connectivity index (χ1v) is 5.44. The lowest BCUT2D eigenvalue weighted by Crippen LogP contribution is -2.56. The maximum Gasteiger partial charge on any atom is 0.0729 e. The van der Waals surface area contributed by atoms with Gasteiger partial charge in [-0.1, -0.05) is 13.8 Å². The van der Waals surface area contributed by atoms with Crippen LogP contribution in [-0.2, 0) is 4.74 Å². The quantitative estimate of drug-likeness (QED) is 0.619. The molecule has 1 aliphatic heterocycles. The molecule has 0 aromatic rings. The molecule has 3 atom stereocenters. The van der Waals surface area contributed by atoms with Gasteiger partial charge < -0.3 is 10.1 Å². The molecule has 0 radical (unpaired) electrons. The largest absolute Gasteiger partial charge is 0.375 e. The molecule has 2 heteroatoms. The zero-order chi connectivity index (χ0) is 9.47. The van der Waals surface area contributed by atoms with Gasteiger partial charge in [0.25, 0.3) is 0 Å². The van der Waals surface area contributed by atoms with Gasteiger partial charge in [0, 0.05) is 12.1 Å². The summed E-state index contributed by atoms with van der Waals surface area (Å²) in [5.74, 6) is 0. The van der Waals surface area contributed by atoms with Gasteiger partial charge in [0.1, 0.15) is 0 Å². The lowest BCUT2D eigenvalue weighted by Gasteiger charge is -2.45. The molecule has 0 bridgehead atoms. The Morgan fingerprint density at radius 3 is 2.92 bits per heavy atom. The van der Waals surface area contributed by atoms with E-state index < -0.39 is 0 Å². The van der Waals surface area contributed by atoms with Crippen molar-refractivity contribution in [2.45, 2.75) is 58.2 Å². The summed E-state index contributed by atoms with van der Waals surface area (Å²) in [5.41, 5.74) is 0.509. The van der Waals surface area contributed by atoms with E-state index in [0.717, 1.165) is 6.61 Å². The van der Waals surface area contributed by atoms with Gasteiger partial charge in [0.15, 0.2) is 0 Å². The number of ether oxygens (including phenoxy) is 1. The van der Waals surface area contributed by atoms with Crippen LogP contribution in [0.25, 0.3) is 0 Å². The monoisotopic (exact) mass is 183 g/mol. The molecule has 1 saturated heterocycles. The van der Waals surface area contributed by atoms with Crippen LogP contribution in [0.4, 0.5) is 0 Å². The molecule has 0 aromatic heterocycles. The minimum absolute atomic E-state index is 0.490. The summed E-state index contributed by atoms with van der Waals surface area (Å²) in [7, 11) is 0. The van der Waals surface area contributed by atoms with Crippen molar-refractivity contribution < 1.29 is 4.74 Å². The Bertz CT molecular complexity index is 191. The Balaban J connectivity index is 2.00. The van der Waals surface area contributed by atoms with Gasteiger partial charge in [-0.2, -0.15) is 0 Å². The standard InChI is InChI=1S/C11H21NO/c1-8-7-13-10-4-5-11(2,3)6-9(10)12-8/h8-10,12H,4-7H2,1-3H3. The molecule has 76 valence electrons. The average Bonchev–Trinajstić information content (AvgIpc) is 2.01. The topological polar surface area (TPSA) is 21.3 Å². The van der Waals surface area contributed by atoms with E-state index >= 15 is 0 Å². The molecule has 1 aliphatic carbocycles. The minimum Gasteiger partial charge on any atom is -0.375 e. The number of fused-ring (bicyclic) bond motifs is 1. The first kappa shape index (κ1) is 9.47. The maximum absolute atomic E-state index is 5.82. The van der Waals surface area contributed by atoms with E-state index in [9.17, 15) is 0 Å². The molecule has 1 heterocycles. The molecule has 0 amide bonds. The predicted molar refractivity (Wildman–Crippen MR) is 53.8 cm³/mol.